The van der Waals surface area contributed by atoms with Gasteiger partial charge in [0.05, 0.1) is 6.07 Å². The van der Waals surface area contributed by atoms with E-state index in [1.807, 2.05) is 17.8 Å². The summed E-state index contributed by atoms with van der Waals surface area (Å²) < 4.78 is 0. The van der Waals surface area contributed by atoms with E-state index in [9.17, 15) is 4.79 Å². The van der Waals surface area contributed by atoms with Crippen LogP contribution < -0.4 is 5.32 Å². The summed E-state index contributed by atoms with van der Waals surface area (Å²) in [4.78, 5) is 13.6. The summed E-state index contributed by atoms with van der Waals surface area (Å²) in [5.41, 5.74) is 3.73. The molecule has 0 aromatic heterocycles. The van der Waals surface area contributed by atoms with Gasteiger partial charge in [-0.1, -0.05) is 54.8 Å². The van der Waals surface area contributed by atoms with Crippen LogP contribution in [-0.4, -0.2) is 18.2 Å². The van der Waals surface area contributed by atoms with Crippen LogP contribution in [0.4, 0.5) is 0 Å². The maximum Gasteiger partial charge on any atom is 0.224 e. The van der Waals surface area contributed by atoms with Gasteiger partial charge >= 0.3 is 0 Å². The van der Waals surface area contributed by atoms with Gasteiger partial charge in [0.1, 0.15) is 6.54 Å². The molecule has 140 valence electrons. The van der Waals surface area contributed by atoms with Gasteiger partial charge in [-0.2, -0.15) is 5.26 Å². The molecule has 27 heavy (non-hydrogen) atoms. The minimum absolute atomic E-state index is 0.0476. The molecule has 1 amide bonds. The number of carbonyl (C=O) groups is 1. The van der Waals surface area contributed by atoms with Gasteiger partial charge in [-0.05, 0) is 48.9 Å². The summed E-state index contributed by atoms with van der Waals surface area (Å²) in [5, 5.41) is 11.4. The van der Waals surface area contributed by atoms with E-state index in [-0.39, 0.29) is 18.4 Å². The average Bonchev–Trinajstić information content (AvgIpc) is 2.72. The molecule has 3 nitrogen and oxygen atoms in total. The first-order valence-corrected chi connectivity index (χ1v) is 10.6. The van der Waals surface area contributed by atoms with Crippen molar-refractivity contribution in [2.75, 3.05) is 12.3 Å². The predicted molar refractivity (Wildman–Crippen MR) is 111 cm³/mol. The average molecular weight is 379 g/mol. The quantitative estimate of drug-likeness (QED) is 0.555. The van der Waals surface area contributed by atoms with Crippen molar-refractivity contribution in [1.82, 2.24) is 5.32 Å². The molecule has 0 aliphatic heterocycles. The molecule has 2 aromatic carbocycles. The van der Waals surface area contributed by atoms with Gasteiger partial charge in [0.25, 0.3) is 0 Å². The number of rotatable bonds is 6. The lowest BCUT2D eigenvalue weighted by Crippen LogP contribution is -2.37. The lowest BCUT2D eigenvalue weighted by molar-refractivity contribution is -0.127. The maximum atomic E-state index is 12.3. The van der Waals surface area contributed by atoms with E-state index in [1.165, 1.54) is 28.0 Å². The zero-order valence-corrected chi connectivity index (χ0v) is 16.6. The smallest absolute Gasteiger partial charge is 0.224 e. The van der Waals surface area contributed by atoms with E-state index in [4.69, 9.17) is 5.26 Å². The Morgan fingerprint density at radius 1 is 1.07 bits per heavy atom. The molecule has 2 aromatic rings. The van der Waals surface area contributed by atoms with Gasteiger partial charge in [0, 0.05) is 16.6 Å². The van der Waals surface area contributed by atoms with Gasteiger partial charge in [0.15, 0.2) is 0 Å². The van der Waals surface area contributed by atoms with E-state index < -0.39 is 0 Å². The predicted octanol–water partition coefficient (Wildman–Crippen LogP) is 5.20. The summed E-state index contributed by atoms with van der Waals surface area (Å²) in [6.45, 7) is 2.21. The van der Waals surface area contributed by atoms with Crippen LogP contribution in [0.25, 0.3) is 11.1 Å². The van der Waals surface area contributed by atoms with Crippen molar-refractivity contribution in [2.45, 2.75) is 37.5 Å². The van der Waals surface area contributed by atoms with Crippen molar-refractivity contribution in [3.63, 3.8) is 0 Å². The van der Waals surface area contributed by atoms with Crippen molar-refractivity contribution in [3.05, 3.63) is 54.1 Å². The molecule has 1 fully saturated rings. The molecule has 2 unspecified atom stereocenters. The van der Waals surface area contributed by atoms with Crippen LogP contribution in [0.2, 0.25) is 0 Å². The largest absolute Gasteiger partial charge is 0.343 e. The SMILES string of the molecule is Cc1ccc(-c2ccc(SCC3CCCCC3C(=O)NCC#N)cc2)cc1. The fourth-order valence-corrected chi connectivity index (χ4v) is 4.84. The van der Waals surface area contributed by atoms with Crippen molar-refractivity contribution in [1.29, 1.82) is 5.26 Å². The Morgan fingerprint density at radius 2 is 1.70 bits per heavy atom. The number of aryl methyl sites for hydroxylation is 1. The molecule has 0 radical (unpaired) electrons. The van der Waals surface area contributed by atoms with Crippen LogP contribution in [-0.2, 0) is 4.79 Å². The van der Waals surface area contributed by atoms with Crippen LogP contribution in [0.1, 0.15) is 31.2 Å². The number of benzene rings is 2. The first-order valence-electron chi connectivity index (χ1n) is 9.62. The molecule has 1 N–H and O–H groups in total. The first kappa shape index (κ1) is 19.5. The van der Waals surface area contributed by atoms with Crippen LogP contribution >= 0.6 is 11.8 Å². The Balaban J connectivity index is 1.59. The first-order chi connectivity index (χ1) is 13.2. The number of hydrogen-bond acceptors (Lipinski definition) is 3. The Kier molecular flexibility index (Phi) is 6.95. The molecule has 1 aliphatic carbocycles. The second kappa shape index (κ2) is 9.62. The molecule has 0 spiro atoms. The Labute approximate surface area is 166 Å². The van der Waals surface area contributed by atoms with Gasteiger partial charge in [0.2, 0.25) is 5.91 Å². The summed E-state index contributed by atoms with van der Waals surface area (Å²) in [5.74, 6) is 1.44. The Hall–Kier alpha value is -2.25. The highest BCUT2D eigenvalue weighted by molar-refractivity contribution is 7.99. The minimum atomic E-state index is 0.0476. The number of hydrogen-bond donors (Lipinski definition) is 1. The maximum absolute atomic E-state index is 12.3. The number of nitrogens with one attached hydrogen (secondary N) is 1. The molecule has 0 bridgehead atoms. The van der Waals surface area contributed by atoms with Gasteiger partial charge in [-0.3, -0.25) is 4.79 Å². The number of amides is 1. The highest BCUT2D eigenvalue weighted by Gasteiger charge is 2.30. The summed E-state index contributed by atoms with van der Waals surface area (Å²) in [6.07, 6.45) is 4.34. The van der Waals surface area contributed by atoms with Crippen molar-refractivity contribution < 1.29 is 4.79 Å². The van der Waals surface area contributed by atoms with Crippen molar-refractivity contribution in [3.8, 4) is 17.2 Å². The monoisotopic (exact) mass is 378 g/mol. The van der Waals surface area contributed by atoms with Gasteiger partial charge < -0.3 is 5.32 Å². The minimum Gasteiger partial charge on any atom is -0.343 e. The fraction of sp³-hybridized carbons (Fsp3) is 0.391. The molecular weight excluding hydrogens is 352 g/mol. The zero-order chi connectivity index (χ0) is 19.1. The molecule has 3 rings (SSSR count). The van der Waals surface area contributed by atoms with E-state index in [0.717, 1.165) is 25.0 Å². The van der Waals surface area contributed by atoms with Crippen molar-refractivity contribution >= 4 is 17.7 Å². The lowest BCUT2D eigenvalue weighted by atomic mass is 9.80. The van der Waals surface area contributed by atoms with Crippen LogP contribution in [0, 0.1) is 30.1 Å². The summed E-state index contributed by atoms with van der Waals surface area (Å²) in [7, 11) is 0. The van der Waals surface area contributed by atoms with E-state index in [1.54, 1.807) is 0 Å². The standard InChI is InChI=1S/C23H26N2OS/c1-17-6-8-18(9-7-17)19-10-12-21(13-11-19)27-16-20-4-2-3-5-22(20)23(26)25-15-14-24/h6-13,20,22H,2-5,15-16H2,1H3,(H,25,26). The third-order valence-electron chi connectivity index (χ3n) is 5.29. The van der Waals surface area contributed by atoms with Gasteiger partial charge in [-0.15, -0.1) is 11.8 Å². The van der Waals surface area contributed by atoms with E-state index in [0.29, 0.717) is 5.92 Å². The molecular formula is C23H26N2OS. The van der Waals surface area contributed by atoms with Crippen LogP contribution in [0.5, 0.6) is 0 Å². The highest BCUT2D eigenvalue weighted by Crippen LogP contribution is 2.35. The normalized spacial score (nSPS) is 19.3. The fourth-order valence-electron chi connectivity index (χ4n) is 3.70. The Morgan fingerprint density at radius 3 is 2.37 bits per heavy atom. The van der Waals surface area contributed by atoms with Crippen molar-refractivity contribution in [2.24, 2.45) is 11.8 Å². The van der Waals surface area contributed by atoms with E-state index >= 15 is 0 Å². The lowest BCUT2D eigenvalue weighted by Gasteiger charge is -2.30. The molecule has 1 saturated carbocycles. The summed E-state index contributed by atoms with van der Waals surface area (Å²) >= 11 is 1.83. The third kappa shape index (κ3) is 5.37. The number of carbonyl (C=O) groups excluding carboxylic acids is 1. The zero-order valence-electron chi connectivity index (χ0n) is 15.8. The second-order valence-corrected chi connectivity index (χ2v) is 8.32. The summed E-state index contributed by atoms with van der Waals surface area (Å²) in [6, 6.07) is 19.3. The van der Waals surface area contributed by atoms with Crippen LogP contribution in [0.15, 0.2) is 53.4 Å². The number of thioether (sulfide) groups is 1. The number of nitrogens with zero attached hydrogens (tertiary/aromatic N) is 1. The molecule has 4 heteroatoms. The third-order valence-corrected chi connectivity index (χ3v) is 6.49. The molecule has 0 saturated heterocycles. The number of nitriles is 1. The van der Waals surface area contributed by atoms with Gasteiger partial charge in [-0.25, -0.2) is 0 Å². The Bertz CT molecular complexity index is 793. The highest BCUT2D eigenvalue weighted by atomic mass is 32.2. The topological polar surface area (TPSA) is 52.9 Å². The second-order valence-electron chi connectivity index (χ2n) is 7.23. The molecule has 2 atom stereocenters. The molecule has 0 heterocycles. The van der Waals surface area contributed by atoms with E-state index in [2.05, 4.69) is 60.8 Å². The van der Waals surface area contributed by atoms with Crippen LogP contribution in [0.3, 0.4) is 0 Å². The molecule has 1 aliphatic rings.